The van der Waals surface area contributed by atoms with E-state index in [2.05, 4.69) is 10.3 Å². The quantitative estimate of drug-likeness (QED) is 0.850. The Morgan fingerprint density at radius 2 is 2.13 bits per heavy atom. The molecule has 5 nitrogen and oxygen atoms in total. The number of aromatic nitrogens is 1. The Balaban J connectivity index is 2.05. The molecular weight excluding hydrogens is 310 g/mol. The van der Waals surface area contributed by atoms with Gasteiger partial charge in [-0.1, -0.05) is 0 Å². The third-order valence-electron chi connectivity index (χ3n) is 3.43. The molecule has 2 heterocycles. The molecule has 0 saturated carbocycles. The molecule has 2 rings (SSSR count). The van der Waals surface area contributed by atoms with E-state index < -0.39 is 5.60 Å². The van der Waals surface area contributed by atoms with Gasteiger partial charge in [0.1, 0.15) is 0 Å². The van der Waals surface area contributed by atoms with Gasteiger partial charge in [0.15, 0.2) is 0 Å². The monoisotopic (exact) mass is 333 g/mol. The summed E-state index contributed by atoms with van der Waals surface area (Å²) in [5, 5.41) is 17.1. The standard InChI is InChI=1S/C17H23N3O2S/c1-12-14(5-6-15(19-12)13-7-8-23-9-13)16(21)18-10-17(2,22)11-20(3)4/h5-9,22H,10-11H2,1-4H3,(H,18,21)/t17-/m1/s1. The van der Waals surface area contributed by atoms with Crippen molar-refractivity contribution in [2.45, 2.75) is 19.4 Å². The van der Waals surface area contributed by atoms with Crippen LogP contribution >= 0.6 is 11.3 Å². The van der Waals surface area contributed by atoms with Crippen LogP contribution in [0.3, 0.4) is 0 Å². The number of rotatable bonds is 6. The van der Waals surface area contributed by atoms with Gasteiger partial charge in [-0.25, -0.2) is 0 Å². The molecule has 0 radical (unpaired) electrons. The lowest BCUT2D eigenvalue weighted by atomic mass is 10.1. The first-order valence-corrected chi connectivity index (χ1v) is 8.38. The summed E-state index contributed by atoms with van der Waals surface area (Å²) in [6.45, 7) is 4.19. The van der Waals surface area contributed by atoms with Crippen molar-refractivity contribution < 1.29 is 9.90 Å². The van der Waals surface area contributed by atoms with E-state index in [0.717, 1.165) is 11.3 Å². The number of thiophene rings is 1. The molecule has 0 aliphatic carbocycles. The predicted molar refractivity (Wildman–Crippen MR) is 93.8 cm³/mol. The average molecular weight is 333 g/mol. The van der Waals surface area contributed by atoms with Crippen molar-refractivity contribution in [3.63, 3.8) is 0 Å². The molecular formula is C17H23N3O2S. The van der Waals surface area contributed by atoms with Crippen LogP contribution in [0.5, 0.6) is 0 Å². The van der Waals surface area contributed by atoms with E-state index in [1.54, 1.807) is 24.3 Å². The number of aliphatic hydroxyl groups is 1. The first kappa shape index (κ1) is 17.6. The highest BCUT2D eigenvalue weighted by Gasteiger charge is 2.23. The minimum absolute atomic E-state index is 0.190. The SMILES string of the molecule is Cc1nc(-c2ccsc2)ccc1C(=O)NC[C@@](C)(O)CN(C)C. The first-order chi connectivity index (χ1) is 10.8. The smallest absolute Gasteiger partial charge is 0.253 e. The molecule has 0 fully saturated rings. The van der Waals surface area contributed by atoms with Crippen LogP contribution in [0.4, 0.5) is 0 Å². The minimum Gasteiger partial charge on any atom is -0.387 e. The first-order valence-electron chi connectivity index (χ1n) is 7.44. The lowest BCUT2D eigenvalue weighted by Gasteiger charge is -2.27. The molecule has 2 N–H and O–H groups in total. The summed E-state index contributed by atoms with van der Waals surface area (Å²) in [4.78, 5) is 18.7. The lowest BCUT2D eigenvalue weighted by Crippen LogP contribution is -2.47. The summed E-state index contributed by atoms with van der Waals surface area (Å²) < 4.78 is 0. The van der Waals surface area contributed by atoms with Gasteiger partial charge in [0, 0.05) is 24.0 Å². The maximum absolute atomic E-state index is 12.3. The zero-order valence-electron chi connectivity index (χ0n) is 14.0. The lowest BCUT2D eigenvalue weighted by molar-refractivity contribution is 0.0325. The van der Waals surface area contributed by atoms with Crippen LogP contribution in [-0.2, 0) is 0 Å². The number of likely N-dealkylation sites (N-methyl/N-ethyl adjacent to an activating group) is 1. The fourth-order valence-corrected chi connectivity index (χ4v) is 3.12. The molecule has 0 aliphatic rings. The van der Waals surface area contributed by atoms with E-state index in [1.165, 1.54) is 0 Å². The van der Waals surface area contributed by atoms with E-state index in [9.17, 15) is 9.90 Å². The second-order valence-corrected chi connectivity index (χ2v) is 7.04. The highest BCUT2D eigenvalue weighted by atomic mass is 32.1. The van der Waals surface area contributed by atoms with Gasteiger partial charge in [0.2, 0.25) is 0 Å². The molecule has 2 aromatic heterocycles. The number of carbonyl (C=O) groups is 1. The molecule has 0 aromatic carbocycles. The van der Waals surface area contributed by atoms with Crippen LogP contribution in [0, 0.1) is 6.92 Å². The molecule has 0 unspecified atom stereocenters. The molecule has 2 aromatic rings. The fourth-order valence-electron chi connectivity index (χ4n) is 2.48. The topological polar surface area (TPSA) is 65.5 Å². The number of hydrogen-bond donors (Lipinski definition) is 2. The fraction of sp³-hybridized carbons (Fsp3) is 0.412. The van der Waals surface area contributed by atoms with Crippen molar-refractivity contribution in [3.05, 3.63) is 40.2 Å². The molecule has 0 bridgehead atoms. The van der Waals surface area contributed by atoms with E-state index in [4.69, 9.17) is 0 Å². The molecule has 0 aliphatic heterocycles. The molecule has 0 saturated heterocycles. The van der Waals surface area contributed by atoms with Gasteiger partial charge in [0.25, 0.3) is 5.91 Å². The summed E-state index contributed by atoms with van der Waals surface area (Å²) in [5.74, 6) is -0.217. The number of nitrogens with zero attached hydrogens (tertiary/aromatic N) is 2. The van der Waals surface area contributed by atoms with Crippen molar-refractivity contribution in [1.29, 1.82) is 0 Å². The third kappa shape index (κ3) is 4.86. The van der Waals surface area contributed by atoms with Gasteiger partial charge in [-0.15, -0.1) is 0 Å². The maximum atomic E-state index is 12.3. The molecule has 23 heavy (non-hydrogen) atoms. The van der Waals surface area contributed by atoms with Crippen molar-refractivity contribution in [3.8, 4) is 11.3 Å². The van der Waals surface area contributed by atoms with Gasteiger partial charge in [-0.3, -0.25) is 9.78 Å². The second kappa shape index (κ2) is 7.21. The van der Waals surface area contributed by atoms with Crippen molar-refractivity contribution in [1.82, 2.24) is 15.2 Å². The van der Waals surface area contributed by atoms with Gasteiger partial charge >= 0.3 is 0 Å². The number of pyridine rings is 1. The summed E-state index contributed by atoms with van der Waals surface area (Å²) in [7, 11) is 3.76. The van der Waals surface area contributed by atoms with Crippen LogP contribution in [0.2, 0.25) is 0 Å². The van der Waals surface area contributed by atoms with E-state index >= 15 is 0 Å². The van der Waals surface area contributed by atoms with Gasteiger partial charge in [0.05, 0.1) is 22.6 Å². The number of carbonyl (C=O) groups excluding carboxylic acids is 1. The maximum Gasteiger partial charge on any atom is 0.253 e. The Kier molecular flexibility index (Phi) is 5.51. The second-order valence-electron chi connectivity index (χ2n) is 6.26. The van der Waals surface area contributed by atoms with Gasteiger partial charge in [-0.2, -0.15) is 11.3 Å². The number of amides is 1. The molecule has 1 atom stereocenters. The molecule has 1 amide bonds. The third-order valence-corrected chi connectivity index (χ3v) is 4.12. The highest BCUT2D eigenvalue weighted by molar-refractivity contribution is 7.08. The zero-order valence-corrected chi connectivity index (χ0v) is 14.8. The van der Waals surface area contributed by atoms with E-state index in [0.29, 0.717) is 17.8 Å². The average Bonchev–Trinajstić information content (AvgIpc) is 2.97. The Morgan fingerprint density at radius 1 is 1.39 bits per heavy atom. The summed E-state index contributed by atoms with van der Waals surface area (Å²) in [5.41, 5.74) is 2.15. The van der Waals surface area contributed by atoms with Crippen molar-refractivity contribution in [2.75, 3.05) is 27.2 Å². The predicted octanol–water partition coefficient (Wildman–Crippen LogP) is 2.16. The summed E-state index contributed by atoms with van der Waals surface area (Å²) in [6, 6.07) is 5.64. The number of aryl methyl sites for hydroxylation is 1. The van der Waals surface area contributed by atoms with Crippen molar-refractivity contribution in [2.24, 2.45) is 0 Å². The number of nitrogens with one attached hydrogen (secondary N) is 1. The summed E-state index contributed by atoms with van der Waals surface area (Å²) >= 11 is 1.62. The van der Waals surface area contributed by atoms with Gasteiger partial charge < -0.3 is 15.3 Å². The number of hydrogen-bond acceptors (Lipinski definition) is 5. The Labute approximate surface area is 141 Å². The molecule has 124 valence electrons. The zero-order chi connectivity index (χ0) is 17.0. The minimum atomic E-state index is -0.975. The van der Waals surface area contributed by atoms with Crippen LogP contribution < -0.4 is 5.32 Å². The summed E-state index contributed by atoms with van der Waals surface area (Å²) in [6.07, 6.45) is 0. The Morgan fingerprint density at radius 3 is 2.70 bits per heavy atom. The largest absolute Gasteiger partial charge is 0.387 e. The van der Waals surface area contributed by atoms with Crippen LogP contribution in [0.15, 0.2) is 29.0 Å². The Bertz CT molecular complexity index is 666. The van der Waals surface area contributed by atoms with E-state index in [1.807, 2.05) is 48.8 Å². The van der Waals surface area contributed by atoms with Crippen molar-refractivity contribution >= 4 is 17.2 Å². The van der Waals surface area contributed by atoms with Gasteiger partial charge in [-0.05, 0) is 51.5 Å². The van der Waals surface area contributed by atoms with Crippen LogP contribution in [0.25, 0.3) is 11.3 Å². The highest BCUT2D eigenvalue weighted by Crippen LogP contribution is 2.21. The Hall–Kier alpha value is -1.76. The van der Waals surface area contributed by atoms with Crippen LogP contribution in [-0.4, -0.2) is 53.7 Å². The van der Waals surface area contributed by atoms with Crippen LogP contribution in [0.1, 0.15) is 23.0 Å². The molecule has 6 heteroatoms. The van der Waals surface area contributed by atoms with E-state index in [-0.39, 0.29) is 12.5 Å². The normalized spacial score (nSPS) is 13.8. The molecule has 0 spiro atoms.